The number of likely N-dealkylation sites (N-methyl/N-ethyl adjacent to an activating group) is 1. The van der Waals surface area contributed by atoms with Gasteiger partial charge in [-0.05, 0) is 6.07 Å². The van der Waals surface area contributed by atoms with E-state index in [1.807, 2.05) is 11.9 Å². The van der Waals surface area contributed by atoms with Gasteiger partial charge in [-0.1, -0.05) is 0 Å². The van der Waals surface area contributed by atoms with Gasteiger partial charge in [0.15, 0.2) is 6.29 Å². The van der Waals surface area contributed by atoms with Crippen LogP contribution in [0.4, 0.5) is 5.69 Å². The van der Waals surface area contributed by atoms with Crippen molar-refractivity contribution in [1.82, 2.24) is 4.98 Å². The molecular weight excluding hydrogens is 182 g/mol. The lowest BCUT2D eigenvalue weighted by Crippen LogP contribution is -2.44. The van der Waals surface area contributed by atoms with Crippen LogP contribution in [0.2, 0.25) is 0 Å². The molecule has 0 aliphatic carbocycles. The largest absolute Gasteiger partial charge is 0.385 e. The molecule has 1 aromatic heterocycles. The van der Waals surface area contributed by atoms with Gasteiger partial charge >= 0.3 is 0 Å². The first kappa shape index (κ1) is 9.23. The summed E-state index contributed by atoms with van der Waals surface area (Å²) in [5.74, 6) is 0. The highest BCUT2D eigenvalue weighted by molar-refractivity contribution is 5.76. The number of anilines is 1. The number of hydrogen-bond donors (Lipinski definition) is 3. The highest BCUT2D eigenvalue weighted by Gasteiger charge is 2.30. The van der Waals surface area contributed by atoms with E-state index in [4.69, 9.17) is 5.73 Å². The van der Waals surface area contributed by atoms with Gasteiger partial charge < -0.3 is 20.7 Å². The van der Waals surface area contributed by atoms with Crippen molar-refractivity contribution in [3.63, 3.8) is 0 Å². The van der Waals surface area contributed by atoms with E-state index in [2.05, 4.69) is 4.98 Å². The number of carbonyl (C=O) groups is 1. The van der Waals surface area contributed by atoms with E-state index in [1.54, 1.807) is 6.07 Å². The standard InChI is InChI=1S/C9H13N3O2/c1-12-3-6(10)9(14)8-7(12)2-5(4-13)11-8/h2,4,6,9,11,14H,3,10H2,1H3. The summed E-state index contributed by atoms with van der Waals surface area (Å²) in [6.07, 6.45) is 0.0135. The van der Waals surface area contributed by atoms with Gasteiger partial charge in [0.1, 0.15) is 6.10 Å². The number of aliphatic hydroxyl groups is 1. The van der Waals surface area contributed by atoms with E-state index in [1.165, 1.54) is 0 Å². The molecule has 14 heavy (non-hydrogen) atoms. The molecule has 0 fully saturated rings. The zero-order valence-electron chi connectivity index (χ0n) is 7.90. The predicted molar refractivity (Wildman–Crippen MR) is 52.4 cm³/mol. The number of carbonyl (C=O) groups excluding carboxylic acids is 1. The normalized spacial score (nSPS) is 26.1. The topological polar surface area (TPSA) is 82.3 Å². The molecule has 0 spiro atoms. The van der Waals surface area contributed by atoms with Crippen molar-refractivity contribution in [1.29, 1.82) is 0 Å². The maximum absolute atomic E-state index is 10.6. The third kappa shape index (κ3) is 1.21. The van der Waals surface area contributed by atoms with Gasteiger partial charge in [0.05, 0.1) is 23.1 Å². The molecule has 2 atom stereocenters. The minimum absolute atomic E-state index is 0.314. The summed E-state index contributed by atoms with van der Waals surface area (Å²) in [6, 6.07) is 1.41. The van der Waals surface area contributed by atoms with Crippen molar-refractivity contribution in [3.05, 3.63) is 17.5 Å². The van der Waals surface area contributed by atoms with Crippen molar-refractivity contribution in [2.24, 2.45) is 5.73 Å². The van der Waals surface area contributed by atoms with E-state index in [-0.39, 0.29) is 6.04 Å². The second-order valence-corrected chi connectivity index (χ2v) is 3.63. The van der Waals surface area contributed by atoms with E-state index < -0.39 is 6.10 Å². The number of hydrogen-bond acceptors (Lipinski definition) is 4. The number of nitrogens with two attached hydrogens (primary N) is 1. The molecule has 4 N–H and O–H groups in total. The molecule has 0 radical (unpaired) electrons. The first-order valence-corrected chi connectivity index (χ1v) is 4.46. The van der Waals surface area contributed by atoms with Crippen LogP contribution in [0.15, 0.2) is 6.07 Å². The molecule has 1 aromatic rings. The third-order valence-electron chi connectivity index (χ3n) is 2.57. The van der Waals surface area contributed by atoms with Crippen molar-refractivity contribution in [2.45, 2.75) is 12.1 Å². The number of nitrogens with one attached hydrogen (secondary N) is 1. The smallest absolute Gasteiger partial charge is 0.166 e. The molecule has 0 amide bonds. The Kier molecular flexibility index (Phi) is 2.05. The first-order chi connectivity index (χ1) is 6.63. The molecule has 5 nitrogen and oxygen atoms in total. The van der Waals surface area contributed by atoms with Gasteiger partial charge in [0.25, 0.3) is 0 Å². The molecule has 2 heterocycles. The molecule has 76 valence electrons. The van der Waals surface area contributed by atoms with Crippen LogP contribution in [0.5, 0.6) is 0 Å². The Balaban J connectivity index is 2.47. The quantitative estimate of drug-likeness (QED) is 0.534. The summed E-state index contributed by atoms with van der Waals surface area (Å²) in [5, 5.41) is 9.76. The molecule has 1 aliphatic rings. The second-order valence-electron chi connectivity index (χ2n) is 3.63. The lowest BCUT2D eigenvalue weighted by Gasteiger charge is -2.32. The Morgan fingerprint density at radius 2 is 2.50 bits per heavy atom. The zero-order chi connectivity index (χ0) is 10.3. The predicted octanol–water partition coefficient (Wildman–Crippen LogP) is -0.362. The number of fused-ring (bicyclic) bond motifs is 1. The van der Waals surface area contributed by atoms with Gasteiger partial charge in [-0.15, -0.1) is 0 Å². The summed E-state index contributed by atoms with van der Waals surface area (Å²) < 4.78 is 0. The summed E-state index contributed by atoms with van der Waals surface area (Å²) in [6.45, 7) is 0.588. The Labute approximate surface area is 81.5 Å². The van der Waals surface area contributed by atoms with E-state index in [9.17, 15) is 9.90 Å². The third-order valence-corrected chi connectivity index (χ3v) is 2.57. The molecule has 0 saturated carbocycles. The van der Waals surface area contributed by atoms with Crippen LogP contribution in [0.3, 0.4) is 0 Å². The molecular formula is C9H13N3O2. The Hall–Kier alpha value is -1.33. The fourth-order valence-corrected chi connectivity index (χ4v) is 1.81. The summed E-state index contributed by atoms with van der Waals surface area (Å²) in [4.78, 5) is 15.3. The number of aliphatic hydroxyl groups excluding tert-OH is 1. The van der Waals surface area contributed by atoms with Gasteiger partial charge in [-0.25, -0.2) is 0 Å². The highest BCUT2D eigenvalue weighted by Crippen LogP contribution is 2.32. The summed E-state index contributed by atoms with van der Waals surface area (Å²) in [7, 11) is 1.88. The maximum atomic E-state index is 10.6. The lowest BCUT2D eigenvalue weighted by atomic mass is 10.0. The van der Waals surface area contributed by atoms with Crippen molar-refractivity contribution < 1.29 is 9.90 Å². The number of aromatic amines is 1. The highest BCUT2D eigenvalue weighted by atomic mass is 16.3. The monoisotopic (exact) mass is 195 g/mol. The van der Waals surface area contributed by atoms with Crippen LogP contribution >= 0.6 is 0 Å². The van der Waals surface area contributed by atoms with Crippen LogP contribution in [-0.2, 0) is 0 Å². The van der Waals surface area contributed by atoms with Crippen LogP contribution in [-0.4, -0.2) is 36.0 Å². The van der Waals surface area contributed by atoms with Gasteiger partial charge in [-0.2, -0.15) is 0 Å². The molecule has 0 bridgehead atoms. The second kappa shape index (κ2) is 3.11. The SMILES string of the molecule is CN1CC(N)C(O)c2[nH]c(C=O)cc21. The van der Waals surface area contributed by atoms with Crippen LogP contribution in [0.1, 0.15) is 22.3 Å². The zero-order valence-corrected chi connectivity index (χ0v) is 7.90. The fourth-order valence-electron chi connectivity index (χ4n) is 1.81. The van der Waals surface area contributed by atoms with Gasteiger partial charge in [0, 0.05) is 13.6 Å². The molecule has 0 saturated heterocycles. The van der Waals surface area contributed by atoms with E-state index in [0.717, 1.165) is 12.0 Å². The molecule has 0 aromatic carbocycles. The summed E-state index contributed by atoms with van der Waals surface area (Å²) >= 11 is 0. The number of rotatable bonds is 1. The molecule has 5 heteroatoms. The number of aldehydes is 1. The first-order valence-electron chi connectivity index (χ1n) is 4.46. The minimum Gasteiger partial charge on any atom is -0.385 e. The number of H-pyrrole nitrogens is 1. The van der Waals surface area contributed by atoms with Crippen molar-refractivity contribution >= 4 is 12.0 Å². The Bertz CT molecular complexity index is 361. The number of aromatic nitrogens is 1. The fraction of sp³-hybridized carbons (Fsp3) is 0.444. The lowest BCUT2D eigenvalue weighted by molar-refractivity contribution is 0.111. The van der Waals surface area contributed by atoms with E-state index >= 15 is 0 Å². The van der Waals surface area contributed by atoms with Crippen LogP contribution in [0, 0.1) is 0 Å². The van der Waals surface area contributed by atoms with Crippen molar-refractivity contribution in [3.8, 4) is 0 Å². The van der Waals surface area contributed by atoms with E-state index in [0.29, 0.717) is 17.9 Å². The number of nitrogens with zero attached hydrogens (tertiary/aromatic N) is 1. The van der Waals surface area contributed by atoms with Crippen LogP contribution in [0.25, 0.3) is 0 Å². The Morgan fingerprint density at radius 1 is 1.79 bits per heavy atom. The van der Waals surface area contributed by atoms with Gasteiger partial charge in [0.2, 0.25) is 0 Å². The average Bonchev–Trinajstić information content (AvgIpc) is 2.58. The van der Waals surface area contributed by atoms with Crippen molar-refractivity contribution in [2.75, 3.05) is 18.5 Å². The minimum atomic E-state index is -0.713. The van der Waals surface area contributed by atoms with Crippen LogP contribution < -0.4 is 10.6 Å². The Morgan fingerprint density at radius 3 is 3.14 bits per heavy atom. The molecule has 2 unspecified atom stereocenters. The molecule has 1 aliphatic heterocycles. The molecule has 2 rings (SSSR count). The average molecular weight is 195 g/mol. The summed E-state index contributed by atoms with van der Waals surface area (Å²) in [5.41, 5.74) is 7.68. The maximum Gasteiger partial charge on any atom is 0.166 e. The van der Waals surface area contributed by atoms with Gasteiger partial charge in [-0.3, -0.25) is 4.79 Å².